The van der Waals surface area contributed by atoms with Crippen LogP contribution in [0.15, 0.2) is 12.1 Å². The summed E-state index contributed by atoms with van der Waals surface area (Å²) >= 11 is 0. The molecule has 2 rings (SSSR count). The normalized spacial score (nSPS) is 18.2. The molecule has 0 amide bonds. The zero-order valence-electron chi connectivity index (χ0n) is 10.3. The summed E-state index contributed by atoms with van der Waals surface area (Å²) in [4.78, 5) is 0. The molecule has 1 saturated carbocycles. The highest BCUT2D eigenvalue weighted by Crippen LogP contribution is 2.38. The van der Waals surface area contributed by atoms with Crippen LogP contribution in [0.3, 0.4) is 0 Å². The summed E-state index contributed by atoms with van der Waals surface area (Å²) in [5.74, 6) is 0.668. The zero-order valence-corrected chi connectivity index (χ0v) is 10.3. The Morgan fingerprint density at radius 3 is 2.19 bits per heavy atom. The third-order valence-corrected chi connectivity index (χ3v) is 3.75. The molecule has 1 unspecified atom stereocenters. The molecule has 0 heterocycles. The van der Waals surface area contributed by atoms with E-state index in [1.807, 2.05) is 33.0 Å². The molecular weight excluding hydrogens is 201 g/mol. The van der Waals surface area contributed by atoms with Gasteiger partial charge < -0.3 is 5.32 Å². The van der Waals surface area contributed by atoms with Crippen molar-refractivity contribution in [2.45, 2.75) is 39.2 Å². The summed E-state index contributed by atoms with van der Waals surface area (Å²) in [6.45, 7) is 3.69. The van der Waals surface area contributed by atoms with Gasteiger partial charge in [0.25, 0.3) is 0 Å². The maximum Gasteiger partial charge on any atom is 0.129 e. The van der Waals surface area contributed by atoms with Gasteiger partial charge in [-0.1, -0.05) is 18.6 Å². The first-order chi connectivity index (χ1) is 7.63. The van der Waals surface area contributed by atoms with Gasteiger partial charge in [0.15, 0.2) is 0 Å². The summed E-state index contributed by atoms with van der Waals surface area (Å²) in [6, 6.07) is 4.37. The monoisotopic (exact) mass is 221 g/mol. The van der Waals surface area contributed by atoms with Gasteiger partial charge in [-0.3, -0.25) is 0 Å². The summed E-state index contributed by atoms with van der Waals surface area (Å²) < 4.78 is 13.6. The van der Waals surface area contributed by atoms with E-state index in [1.54, 1.807) is 0 Å². The molecule has 0 bridgehead atoms. The smallest absolute Gasteiger partial charge is 0.129 e. The molecule has 16 heavy (non-hydrogen) atoms. The fourth-order valence-electron chi connectivity index (χ4n) is 2.61. The van der Waals surface area contributed by atoms with Gasteiger partial charge in [0.2, 0.25) is 0 Å². The lowest BCUT2D eigenvalue weighted by Gasteiger charge is -2.34. The van der Waals surface area contributed by atoms with Crippen LogP contribution in [0.25, 0.3) is 0 Å². The Hall–Kier alpha value is -0.890. The highest BCUT2D eigenvalue weighted by Gasteiger charge is 2.27. The zero-order chi connectivity index (χ0) is 11.7. The van der Waals surface area contributed by atoms with Gasteiger partial charge in [-0.15, -0.1) is 0 Å². The molecule has 1 aromatic rings. The second-order valence-electron chi connectivity index (χ2n) is 4.93. The molecule has 1 aromatic carbocycles. The maximum absolute atomic E-state index is 13.6. The number of rotatable bonds is 3. The van der Waals surface area contributed by atoms with Crippen molar-refractivity contribution in [3.05, 3.63) is 34.6 Å². The predicted molar refractivity (Wildman–Crippen MR) is 65.0 cm³/mol. The van der Waals surface area contributed by atoms with Crippen LogP contribution >= 0.6 is 0 Å². The van der Waals surface area contributed by atoms with Crippen molar-refractivity contribution in [3.63, 3.8) is 0 Å². The minimum absolute atomic E-state index is 0.0628. The standard InChI is InChI=1S/C14H20FN/c1-9-7-12(8-10(2)13(9)15)14(16-3)11-5-4-6-11/h7-8,11,14,16H,4-6H2,1-3H3. The fraction of sp³-hybridized carbons (Fsp3) is 0.571. The van der Waals surface area contributed by atoms with E-state index < -0.39 is 0 Å². The molecule has 88 valence electrons. The van der Waals surface area contributed by atoms with E-state index in [9.17, 15) is 4.39 Å². The molecule has 1 fully saturated rings. The molecule has 1 atom stereocenters. The minimum Gasteiger partial charge on any atom is -0.313 e. The minimum atomic E-state index is -0.0628. The quantitative estimate of drug-likeness (QED) is 0.823. The van der Waals surface area contributed by atoms with E-state index in [4.69, 9.17) is 0 Å². The summed E-state index contributed by atoms with van der Waals surface area (Å²) in [6.07, 6.45) is 3.92. The molecule has 0 spiro atoms. The second-order valence-corrected chi connectivity index (χ2v) is 4.93. The van der Waals surface area contributed by atoms with Crippen LogP contribution in [0, 0.1) is 25.6 Å². The molecule has 0 aromatic heterocycles. The number of aryl methyl sites for hydroxylation is 2. The Morgan fingerprint density at radius 1 is 1.25 bits per heavy atom. The number of halogens is 1. The van der Waals surface area contributed by atoms with Gasteiger partial charge in [-0.05, 0) is 56.3 Å². The summed E-state index contributed by atoms with van der Waals surface area (Å²) in [5, 5.41) is 3.37. The SMILES string of the molecule is CNC(c1cc(C)c(F)c(C)c1)C1CCC1. The molecular formula is C14H20FN. The van der Waals surface area contributed by atoms with Crippen molar-refractivity contribution in [3.8, 4) is 0 Å². The number of hydrogen-bond donors (Lipinski definition) is 1. The van der Waals surface area contributed by atoms with Gasteiger partial charge in [0.1, 0.15) is 5.82 Å². The predicted octanol–water partition coefficient (Wildman–Crippen LogP) is 3.50. The lowest BCUT2D eigenvalue weighted by Crippen LogP contribution is -2.29. The highest BCUT2D eigenvalue weighted by atomic mass is 19.1. The van der Waals surface area contributed by atoms with Crippen LogP contribution in [0.2, 0.25) is 0 Å². The molecule has 1 nitrogen and oxygen atoms in total. The van der Waals surface area contributed by atoms with Crippen LogP contribution < -0.4 is 5.32 Å². The van der Waals surface area contributed by atoms with Gasteiger partial charge in [-0.2, -0.15) is 0 Å². The van der Waals surface area contributed by atoms with E-state index in [-0.39, 0.29) is 5.82 Å². The lowest BCUT2D eigenvalue weighted by molar-refractivity contribution is 0.239. The highest BCUT2D eigenvalue weighted by molar-refractivity contribution is 5.32. The fourth-order valence-corrected chi connectivity index (χ4v) is 2.61. The van der Waals surface area contributed by atoms with Crippen LogP contribution in [0.1, 0.15) is 42.0 Å². The summed E-state index contributed by atoms with van der Waals surface area (Å²) in [7, 11) is 2.00. The van der Waals surface area contributed by atoms with Crippen molar-refractivity contribution in [2.24, 2.45) is 5.92 Å². The second kappa shape index (κ2) is 4.54. The maximum atomic E-state index is 13.6. The van der Waals surface area contributed by atoms with Crippen molar-refractivity contribution in [1.82, 2.24) is 5.32 Å². The Bertz CT molecular complexity index is 359. The number of benzene rings is 1. The molecule has 1 N–H and O–H groups in total. The van der Waals surface area contributed by atoms with Crippen molar-refractivity contribution >= 4 is 0 Å². The van der Waals surface area contributed by atoms with Crippen molar-refractivity contribution < 1.29 is 4.39 Å². The molecule has 0 saturated heterocycles. The van der Waals surface area contributed by atoms with Crippen LogP contribution in [0.4, 0.5) is 4.39 Å². The third kappa shape index (κ3) is 1.99. The largest absolute Gasteiger partial charge is 0.313 e. The van der Waals surface area contributed by atoms with Crippen molar-refractivity contribution in [2.75, 3.05) is 7.05 Å². The van der Waals surface area contributed by atoms with E-state index in [0.717, 1.165) is 17.0 Å². The first kappa shape index (κ1) is 11.6. The molecule has 0 aliphatic heterocycles. The number of hydrogen-bond acceptors (Lipinski definition) is 1. The number of nitrogens with one attached hydrogen (secondary N) is 1. The van der Waals surface area contributed by atoms with Crippen LogP contribution in [0.5, 0.6) is 0 Å². The van der Waals surface area contributed by atoms with E-state index >= 15 is 0 Å². The molecule has 2 heteroatoms. The van der Waals surface area contributed by atoms with Crippen LogP contribution in [-0.4, -0.2) is 7.05 Å². The van der Waals surface area contributed by atoms with Gasteiger partial charge in [0, 0.05) is 6.04 Å². The first-order valence-corrected chi connectivity index (χ1v) is 6.07. The Balaban J connectivity index is 2.30. The van der Waals surface area contributed by atoms with Crippen molar-refractivity contribution in [1.29, 1.82) is 0 Å². The van der Waals surface area contributed by atoms with E-state index in [0.29, 0.717) is 6.04 Å². The Morgan fingerprint density at radius 2 is 1.81 bits per heavy atom. The van der Waals surface area contributed by atoms with E-state index in [1.165, 1.54) is 24.8 Å². The average Bonchev–Trinajstić information content (AvgIpc) is 2.18. The molecule has 1 aliphatic carbocycles. The van der Waals surface area contributed by atoms with Gasteiger partial charge in [0.05, 0.1) is 0 Å². The lowest BCUT2D eigenvalue weighted by atomic mass is 9.77. The average molecular weight is 221 g/mol. The molecule has 1 aliphatic rings. The van der Waals surface area contributed by atoms with Gasteiger partial charge in [-0.25, -0.2) is 4.39 Å². The third-order valence-electron chi connectivity index (χ3n) is 3.75. The topological polar surface area (TPSA) is 12.0 Å². The summed E-state index contributed by atoms with van der Waals surface area (Å²) in [5.41, 5.74) is 2.76. The Kier molecular flexibility index (Phi) is 3.29. The Labute approximate surface area is 97.1 Å². The first-order valence-electron chi connectivity index (χ1n) is 6.07. The van der Waals surface area contributed by atoms with Gasteiger partial charge >= 0.3 is 0 Å². The van der Waals surface area contributed by atoms with E-state index in [2.05, 4.69) is 5.32 Å². The van der Waals surface area contributed by atoms with Crippen LogP contribution in [-0.2, 0) is 0 Å². The molecule has 0 radical (unpaired) electrons.